The predicted octanol–water partition coefficient (Wildman–Crippen LogP) is 2.98. The van der Waals surface area contributed by atoms with Gasteiger partial charge in [-0.15, -0.1) is 0 Å². The Balaban J connectivity index is 1.68. The summed E-state index contributed by atoms with van der Waals surface area (Å²) in [6.45, 7) is 5.10. The molecule has 3 rings (SSSR count). The monoisotopic (exact) mass is 260 g/mol. The Bertz CT molecular complexity index is 471. The topological polar surface area (TPSA) is 49.8 Å². The molecule has 19 heavy (non-hydrogen) atoms. The summed E-state index contributed by atoms with van der Waals surface area (Å²) in [4.78, 5) is 8.95. The van der Waals surface area contributed by atoms with Gasteiger partial charge in [-0.25, -0.2) is 9.97 Å². The van der Waals surface area contributed by atoms with E-state index < -0.39 is 0 Å². The SMILES string of the molecule is CNc1nc(C)nc(NCC2CC3CCC2C3)c1C. The van der Waals surface area contributed by atoms with Crippen molar-refractivity contribution >= 4 is 11.6 Å². The Labute approximate surface area is 115 Å². The van der Waals surface area contributed by atoms with E-state index in [9.17, 15) is 0 Å². The van der Waals surface area contributed by atoms with Gasteiger partial charge in [0.1, 0.15) is 17.5 Å². The van der Waals surface area contributed by atoms with Gasteiger partial charge in [0.25, 0.3) is 0 Å². The second kappa shape index (κ2) is 4.99. The number of hydrogen-bond acceptors (Lipinski definition) is 4. The van der Waals surface area contributed by atoms with Crippen molar-refractivity contribution in [1.82, 2.24) is 9.97 Å². The summed E-state index contributed by atoms with van der Waals surface area (Å²) in [6.07, 6.45) is 5.80. The fourth-order valence-corrected chi connectivity index (χ4v) is 3.90. The van der Waals surface area contributed by atoms with Crippen molar-refractivity contribution in [2.24, 2.45) is 17.8 Å². The summed E-state index contributed by atoms with van der Waals surface area (Å²) in [6, 6.07) is 0. The highest BCUT2D eigenvalue weighted by Gasteiger charge is 2.39. The average molecular weight is 260 g/mol. The number of nitrogens with zero attached hydrogens (tertiary/aromatic N) is 2. The quantitative estimate of drug-likeness (QED) is 0.874. The standard InChI is InChI=1S/C15H24N4/c1-9-14(16-3)18-10(2)19-15(9)17-8-13-7-11-4-5-12(13)6-11/h11-13H,4-8H2,1-3H3,(H2,16,17,18,19). The Kier molecular flexibility index (Phi) is 3.33. The first-order valence-electron chi connectivity index (χ1n) is 7.44. The normalized spacial score (nSPS) is 28.7. The molecule has 2 aliphatic carbocycles. The van der Waals surface area contributed by atoms with E-state index in [2.05, 4.69) is 27.5 Å². The molecular weight excluding hydrogens is 236 g/mol. The number of nitrogens with one attached hydrogen (secondary N) is 2. The van der Waals surface area contributed by atoms with Crippen LogP contribution in [0.1, 0.15) is 37.1 Å². The summed E-state index contributed by atoms with van der Waals surface area (Å²) in [5.74, 6) is 5.59. The fraction of sp³-hybridized carbons (Fsp3) is 0.733. The van der Waals surface area contributed by atoms with Crippen molar-refractivity contribution in [1.29, 1.82) is 0 Å². The molecule has 104 valence electrons. The minimum Gasteiger partial charge on any atom is -0.373 e. The van der Waals surface area contributed by atoms with E-state index in [1.807, 2.05) is 14.0 Å². The van der Waals surface area contributed by atoms with Crippen LogP contribution < -0.4 is 10.6 Å². The first kappa shape index (κ1) is 12.7. The molecule has 2 N–H and O–H groups in total. The van der Waals surface area contributed by atoms with E-state index in [0.717, 1.165) is 47.3 Å². The van der Waals surface area contributed by atoms with Gasteiger partial charge in [0.2, 0.25) is 0 Å². The third-order valence-corrected chi connectivity index (χ3v) is 4.91. The maximum Gasteiger partial charge on any atom is 0.134 e. The van der Waals surface area contributed by atoms with Gasteiger partial charge in [-0.05, 0) is 50.9 Å². The van der Waals surface area contributed by atoms with Crippen molar-refractivity contribution < 1.29 is 0 Å². The lowest BCUT2D eigenvalue weighted by molar-refractivity contribution is 0.348. The zero-order valence-corrected chi connectivity index (χ0v) is 12.2. The zero-order chi connectivity index (χ0) is 13.4. The van der Waals surface area contributed by atoms with E-state index >= 15 is 0 Å². The van der Waals surface area contributed by atoms with Gasteiger partial charge in [-0.3, -0.25) is 0 Å². The van der Waals surface area contributed by atoms with Gasteiger partial charge in [-0.1, -0.05) is 6.42 Å². The molecule has 0 amide bonds. The molecule has 1 heterocycles. The van der Waals surface area contributed by atoms with Gasteiger partial charge < -0.3 is 10.6 Å². The molecule has 0 spiro atoms. The molecule has 0 aromatic carbocycles. The van der Waals surface area contributed by atoms with E-state index in [0.29, 0.717) is 0 Å². The van der Waals surface area contributed by atoms with Crippen LogP contribution in [0.25, 0.3) is 0 Å². The van der Waals surface area contributed by atoms with Crippen LogP contribution in [-0.4, -0.2) is 23.6 Å². The second-order valence-electron chi connectivity index (χ2n) is 6.16. The smallest absolute Gasteiger partial charge is 0.134 e. The van der Waals surface area contributed by atoms with Crippen molar-refractivity contribution in [3.63, 3.8) is 0 Å². The third-order valence-electron chi connectivity index (χ3n) is 4.91. The number of aryl methyl sites for hydroxylation is 1. The van der Waals surface area contributed by atoms with Crippen LogP contribution in [0.2, 0.25) is 0 Å². The minimum absolute atomic E-state index is 0.824. The number of hydrogen-bond donors (Lipinski definition) is 2. The van der Waals surface area contributed by atoms with Crippen molar-refractivity contribution in [2.75, 3.05) is 24.2 Å². The van der Waals surface area contributed by atoms with Crippen LogP contribution in [0.15, 0.2) is 0 Å². The van der Waals surface area contributed by atoms with Gasteiger partial charge in [0.15, 0.2) is 0 Å². The van der Waals surface area contributed by atoms with Gasteiger partial charge in [-0.2, -0.15) is 0 Å². The molecule has 4 heteroatoms. The molecule has 2 saturated carbocycles. The molecule has 2 aliphatic rings. The number of aromatic nitrogens is 2. The van der Waals surface area contributed by atoms with Gasteiger partial charge in [0, 0.05) is 19.2 Å². The summed E-state index contributed by atoms with van der Waals surface area (Å²) in [5.41, 5.74) is 1.12. The first-order chi connectivity index (χ1) is 9.17. The molecular formula is C15H24N4. The van der Waals surface area contributed by atoms with Crippen LogP contribution in [0.5, 0.6) is 0 Å². The van der Waals surface area contributed by atoms with Crippen molar-refractivity contribution in [3.8, 4) is 0 Å². The summed E-state index contributed by atoms with van der Waals surface area (Å²) < 4.78 is 0. The van der Waals surface area contributed by atoms with Crippen molar-refractivity contribution in [2.45, 2.75) is 39.5 Å². The first-order valence-corrected chi connectivity index (χ1v) is 7.44. The Hall–Kier alpha value is -1.32. The molecule has 2 bridgehead atoms. The Morgan fingerprint density at radius 2 is 1.89 bits per heavy atom. The number of anilines is 2. The van der Waals surface area contributed by atoms with Gasteiger partial charge in [0.05, 0.1) is 0 Å². The lowest BCUT2D eigenvalue weighted by atomic mass is 9.89. The van der Waals surface area contributed by atoms with E-state index in [1.165, 1.54) is 25.7 Å². The highest BCUT2D eigenvalue weighted by molar-refractivity contribution is 5.56. The second-order valence-corrected chi connectivity index (χ2v) is 6.16. The van der Waals surface area contributed by atoms with Crippen molar-refractivity contribution in [3.05, 3.63) is 11.4 Å². The lowest BCUT2D eigenvalue weighted by Crippen LogP contribution is -2.21. The number of fused-ring (bicyclic) bond motifs is 2. The van der Waals surface area contributed by atoms with Crippen LogP contribution in [0, 0.1) is 31.6 Å². The molecule has 1 aromatic rings. The van der Waals surface area contributed by atoms with E-state index in [1.54, 1.807) is 0 Å². The highest BCUT2D eigenvalue weighted by Crippen LogP contribution is 2.48. The average Bonchev–Trinajstić information content (AvgIpc) is 3.01. The van der Waals surface area contributed by atoms with Gasteiger partial charge >= 0.3 is 0 Å². The van der Waals surface area contributed by atoms with E-state index in [-0.39, 0.29) is 0 Å². The van der Waals surface area contributed by atoms with Crippen LogP contribution in [0.3, 0.4) is 0 Å². The Morgan fingerprint density at radius 3 is 2.53 bits per heavy atom. The van der Waals surface area contributed by atoms with Crippen LogP contribution in [0.4, 0.5) is 11.6 Å². The fourth-order valence-electron chi connectivity index (χ4n) is 3.90. The maximum absolute atomic E-state index is 4.54. The molecule has 3 atom stereocenters. The number of rotatable bonds is 4. The molecule has 0 saturated heterocycles. The minimum atomic E-state index is 0.824. The Morgan fingerprint density at radius 1 is 1.11 bits per heavy atom. The molecule has 4 nitrogen and oxygen atoms in total. The summed E-state index contributed by atoms with van der Waals surface area (Å²) >= 11 is 0. The summed E-state index contributed by atoms with van der Waals surface area (Å²) in [5, 5.41) is 6.70. The molecule has 0 aliphatic heterocycles. The molecule has 2 fully saturated rings. The lowest BCUT2D eigenvalue weighted by Gasteiger charge is -2.23. The predicted molar refractivity (Wildman–Crippen MR) is 78.5 cm³/mol. The largest absolute Gasteiger partial charge is 0.373 e. The zero-order valence-electron chi connectivity index (χ0n) is 12.2. The molecule has 3 unspecified atom stereocenters. The third kappa shape index (κ3) is 2.40. The summed E-state index contributed by atoms with van der Waals surface area (Å²) in [7, 11) is 1.91. The maximum atomic E-state index is 4.54. The molecule has 0 radical (unpaired) electrons. The van der Waals surface area contributed by atoms with E-state index in [4.69, 9.17) is 0 Å². The highest BCUT2D eigenvalue weighted by atomic mass is 15.1. The van der Waals surface area contributed by atoms with Crippen LogP contribution >= 0.6 is 0 Å². The van der Waals surface area contributed by atoms with Crippen LogP contribution in [-0.2, 0) is 0 Å². The molecule has 1 aromatic heterocycles.